The van der Waals surface area contributed by atoms with E-state index in [4.69, 9.17) is 0 Å². The lowest BCUT2D eigenvalue weighted by Gasteiger charge is -2.10. The Balaban J connectivity index is 0.000000140. The minimum absolute atomic E-state index is 0.464. The zero-order valence-corrected chi connectivity index (χ0v) is 9.19. The Bertz CT molecular complexity index is 155. The number of carbonyl (C=O) groups is 1. The molecule has 0 N–H and O–H groups in total. The molecule has 2 aliphatic rings. The van der Waals surface area contributed by atoms with E-state index < -0.39 is 0 Å². The highest BCUT2D eigenvalue weighted by atomic mass is 16.1. The van der Waals surface area contributed by atoms with Crippen molar-refractivity contribution < 1.29 is 4.79 Å². The van der Waals surface area contributed by atoms with Gasteiger partial charge < -0.3 is 0 Å². The van der Waals surface area contributed by atoms with E-state index in [0.717, 1.165) is 25.7 Å². The fourth-order valence-corrected chi connectivity index (χ4v) is 2.00. The van der Waals surface area contributed by atoms with E-state index in [-0.39, 0.29) is 0 Å². The second kappa shape index (κ2) is 6.80. The maximum Gasteiger partial charge on any atom is 0.132 e. The van der Waals surface area contributed by atoms with Crippen molar-refractivity contribution in [1.29, 1.82) is 0 Å². The van der Waals surface area contributed by atoms with Crippen molar-refractivity contribution in [3.05, 3.63) is 12.2 Å². The Morgan fingerprint density at radius 1 is 0.714 bits per heavy atom. The first-order valence-electron chi connectivity index (χ1n) is 5.97. The molecule has 0 saturated heterocycles. The highest BCUT2D eigenvalue weighted by molar-refractivity contribution is 5.78. The first kappa shape index (κ1) is 11.5. The number of hydrogen-bond acceptors (Lipinski definition) is 1. The van der Waals surface area contributed by atoms with Crippen LogP contribution in [0.15, 0.2) is 12.2 Å². The van der Waals surface area contributed by atoms with Crippen molar-refractivity contribution in [2.45, 2.75) is 64.2 Å². The van der Waals surface area contributed by atoms with Crippen LogP contribution in [-0.4, -0.2) is 5.78 Å². The molecule has 0 aromatic heterocycles. The SMILES string of the molecule is C=C1CCCCC1.O=C1CCCCC1. The maximum atomic E-state index is 10.5. The van der Waals surface area contributed by atoms with Crippen molar-refractivity contribution in [3.8, 4) is 0 Å². The molecule has 0 amide bonds. The molecule has 0 aromatic carbocycles. The van der Waals surface area contributed by atoms with Crippen LogP contribution in [0.1, 0.15) is 64.2 Å². The lowest BCUT2D eigenvalue weighted by atomic mass is 9.97. The number of ketones is 1. The summed E-state index contributed by atoms with van der Waals surface area (Å²) in [6.07, 6.45) is 12.0. The lowest BCUT2D eigenvalue weighted by molar-refractivity contribution is -0.120. The fraction of sp³-hybridized carbons (Fsp3) is 0.769. The average Bonchev–Trinajstić information content (AvgIpc) is 2.21. The molecule has 0 atom stereocenters. The third-order valence-corrected chi connectivity index (χ3v) is 2.97. The van der Waals surface area contributed by atoms with Crippen molar-refractivity contribution in [3.63, 3.8) is 0 Å². The minimum Gasteiger partial charge on any atom is -0.300 e. The van der Waals surface area contributed by atoms with Gasteiger partial charge >= 0.3 is 0 Å². The summed E-state index contributed by atoms with van der Waals surface area (Å²) in [5.74, 6) is 0.464. The van der Waals surface area contributed by atoms with E-state index in [2.05, 4.69) is 6.58 Å². The van der Waals surface area contributed by atoms with E-state index >= 15 is 0 Å². The monoisotopic (exact) mass is 194 g/mol. The molecule has 80 valence electrons. The summed E-state index contributed by atoms with van der Waals surface area (Å²) in [6, 6.07) is 0. The number of allylic oxidation sites excluding steroid dienone is 1. The molecule has 1 heteroatoms. The first-order chi connectivity index (χ1) is 6.79. The van der Waals surface area contributed by atoms with Crippen LogP contribution >= 0.6 is 0 Å². The fourth-order valence-electron chi connectivity index (χ4n) is 2.00. The van der Waals surface area contributed by atoms with Gasteiger partial charge in [0.15, 0.2) is 0 Å². The molecule has 2 aliphatic carbocycles. The van der Waals surface area contributed by atoms with Gasteiger partial charge in [-0.05, 0) is 38.5 Å². The van der Waals surface area contributed by atoms with Crippen molar-refractivity contribution in [1.82, 2.24) is 0 Å². The van der Waals surface area contributed by atoms with Gasteiger partial charge in [-0.2, -0.15) is 0 Å². The highest BCUT2D eigenvalue weighted by Crippen LogP contribution is 2.20. The summed E-state index contributed by atoms with van der Waals surface area (Å²) in [5, 5.41) is 0. The van der Waals surface area contributed by atoms with Crippen molar-refractivity contribution in [2.24, 2.45) is 0 Å². The summed E-state index contributed by atoms with van der Waals surface area (Å²) in [5.41, 5.74) is 1.46. The van der Waals surface area contributed by atoms with Gasteiger partial charge in [-0.25, -0.2) is 0 Å². The van der Waals surface area contributed by atoms with Gasteiger partial charge in [0.2, 0.25) is 0 Å². The van der Waals surface area contributed by atoms with E-state index in [9.17, 15) is 4.79 Å². The van der Waals surface area contributed by atoms with Crippen LogP contribution in [-0.2, 0) is 4.79 Å². The normalized spacial score (nSPS) is 22.6. The molecule has 0 spiro atoms. The van der Waals surface area contributed by atoms with Crippen LogP contribution in [0.25, 0.3) is 0 Å². The van der Waals surface area contributed by atoms with Crippen LogP contribution in [0.2, 0.25) is 0 Å². The summed E-state index contributed by atoms with van der Waals surface area (Å²) in [6.45, 7) is 3.91. The summed E-state index contributed by atoms with van der Waals surface area (Å²) in [7, 11) is 0. The largest absolute Gasteiger partial charge is 0.300 e. The number of carbonyl (C=O) groups excluding carboxylic acids is 1. The second-order valence-corrected chi connectivity index (χ2v) is 4.41. The van der Waals surface area contributed by atoms with E-state index in [1.165, 1.54) is 44.1 Å². The molecule has 0 aromatic rings. The van der Waals surface area contributed by atoms with Gasteiger partial charge in [0, 0.05) is 12.8 Å². The highest BCUT2D eigenvalue weighted by Gasteiger charge is 2.06. The van der Waals surface area contributed by atoms with Crippen LogP contribution in [0.4, 0.5) is 0 Å². The van der Waals surface area contributed by atoms with Gasteiger partial charge in [0.05, 0.1) is 0 Å². The summed E-state index contributed by atoms with van der Waals surface area (Å²) in [4.78, 5) is 10.5. The summed E-state index contributed by atoms with van der Waals surface area (Å²) >= 11 is 0. The van der Waals surface area contributed by atoms with Gasteiger partial charge in [0.25, 0.3) is 0 Å². The molecule has 2 saturated carbocycles. The molecule has 2 fully saturated rings. The van der Waals surface area contributed by atoms with Gasteiger partial charge in [-0.3, -0.25) is 4.79 Å². The topological polar surface area (TPSA) is 17.1 Å². The molecule has 0 bridgehead atoms. The Hall–Kier alpha value is -0.590. The Labute approximate surface area is 87.6 Å². The van der Waals surface area contributed by atoms with Gasteiger partial charge in [0.1, 0.15) is 5.78 Å². The van der Waals surface area contributed by atoms with Crippen molar-refractivity contribution in [2.75, 3.05) is 0 Å². The third-order valence-electron chi connectivity index (χ3n) is 2.97. The van der Waals surface area contributed by atoms with E-state index in [1.54, 1.807) is 0 Å². The molecule has 14 heavy (non-hydrogen) atoms. The predicted molar refractivity (Wildman–Crippen MR) is 60.3 cm³/mol. The van der Waals surface area contributed by atoms with E-state index in [1.807, 2.05) is 0 Å². The molecule has 0 aliphatic heterocycles. The van der Waals surface area contributed by atoms with Crippen LogP contribution in [0.5, 0.6) is 0 Å². The Morgan fingerprint density at radius 3 is 1.36 bits per heavy atom. The molecule has 2 rings (SSSR count). The molecule has 0 heterocycles. The maximum absolute atomic E-state index is 10.5. The van der Waals surface area contributed by atoms with Crippen LogP contribution < -0.4 is 0 Å². The average molecular weight is 194 g/mol. The standard InChI is InChI=1S/C7H12.C6H10O/c1-7-5-3-2-4-6-7;7-6-4-2-1-3-5-6/h1-6H2;1-5H2. The zero-order valence-electron chi connectivity index (χ0n) is 9.19. The van der Waals surface area contributed by atoms with Crippen LogP contribution in [0, 0.1) is 0 Å². The molecular formula is C13H22O. The molecule has 1 nitrogen and oxygen atoms in total. The van der Waals surface area contributed by atoms with Gasteiger partial charge in [-0.1, -0.05) is 25.0 Å². The molecular weight excluding hydrogens is 172 g/mol. The number of rotatable bonds is 0. The van der Waals surface area contributed by atoms with Gasteiger partial charge in [-0.15, -0.1) is 0 Å². The predicted octanol–water partition coefficient (Wildman–Crippen LogP) is 4.03. The third kappa shape index (κ3) is 5.21. The summed E-state index contributed by atoms with van der Waals surface area (Å²) < 4.78 is 0. The minimum atomic E-state index is 0.464. The smallest absolute Gasteiger partial charge is 0.132 e. The quantitative estimate of drug-likeness (QED) is 0.532. The van der Waals surface area contributed by atoms with Crippen molar-refractivity contribution >= 4 is 5.78 Å². The molecule has 0 unspecified atom stereocenters. The van der Waals surface area contributed by atoms with E-state index in [0.29, 0.717) is 5.78 Å². The lowest BCUT2D eigenvalue weighted by Crippen LogP contribution is -2.02. The second-order valence-electron chi connectivity index (χ2n) is 4.41. The Morgan fingerprint density at radius 2 is 1.14 bits per heavy atom. The number of Topliss-reactive ketones (excluding diaryl/α,β-unsaturated/α-hetero) is 1. The first-order valence-corrected chi connectivity index (χ1v) is 5.97. The Kier molecular flexibility index (Phi) is 5.58. The number of hydrogen-bond donors (Lipinski definition) is 0. The van der Waals surface area contributed by atoms with Crippen LogP contribution in [0.3, 0.4) is 0 Å². The molecule has 0 radical (unpaired) electrons. The zero-order chi connectivity index (χ0) is 10.2.